The molecule has 2 aromatic carbocycles. The standard InChI is InChI=1S/C20H16Cl2N2OS/c21-16-7-3-1-5-12(16)9-13-10-25-11-15-18(13)23-20(26)24-19(15)14-6-2-4-8-17(14)22/h1-9,19H,10-11H2,(H2,23,24,26)/b13-9-. The van der Waals surface area contributed by atoms with Crippen LogP contribution >= 0.6 is 35.4 Å². The Hall–Kier alpha value is -1.85. The van der Waals surface area contributed by atoms with E-state index in [1.807, 2.05) is 54.6 Å². The average Bonchev–Trinajstić information content (AvgIpc) is 2.64. The van der Waals surface area contributed by atoms with E-state index in [1.165, 1.54) is 0 Å². The number of halogens is 2. The third-order valence-electron chi connectivity index (χ3n) is 4.47. The summed E-state index contributed by atoms with van der Waals surface area (Å²) in [6, 6.07) is 15.4. The van der Waals surface area contributed by atoms with Gasteiger partial charge in [-0.2, -0.15) is 0 Å². The van der Waals surface area contributed by atoms with Crippen molar-refractivity contribution < 1.29 is 4.74 Å². The van der Waals surface area contributed by atoms with Crippen molar-refractivity contribution in [3.05, 3.63) is 86.5 Å². The van der Waals surface area contributed by atoms with E-state index < -0.39 is 0 Å². The Labute approximate surface area is 167 Å². The van der Waals surface area contributed by atoms with Crippen LogP contribution in [0.25, 0.3) is 6.08 Å². The molecule has 0 fully saturated rings. The molecule has 2 aliphatic rings. The lowest BCUT2D eigenvalue weighted by Crippen LogP contribution is -2.46. The molecule has 0 saturated carbocycles. The highest BCUT2D eigenvalue weighted by Gasteiger charge is 2.31. The molecule has 1 atom stereocenters. The minimum atomic E-state index is -0.123. The molecule has 2 heterocycles. The number of ether oxygens (including phenoxy) is 1. The Morgan fingerprint density at radius 1 is 1.00 bits per heavy atom. The SMILES string of the molecule is S=C1NC2=C(COC/C2=C/c2ccccc2Cl)C(c2ccccc2Cl)N1. The Morgan fingerprint density at radius 3 is 2.50 bits per heavy atom. The Kier molecular flexibility index (Phi) is 5.00. The molecule has 0 radical (unpaired) electrons. The fourth-order valence-corrected chi connectivity index (χ4v) is 3.90. The van der Waals surface area contributed by atoms with Crippen LogP contribution in [0.2, 0.25) is 10.0 Å². The number of rotatable bonds is 2. The second-order valence-corrected chi connectivity index (χ2v) is 7.36. The van der Waals surface area contributed by atoms with Gasteiger partial charge in [0.1, 0.15) is 0 Å². The lowest BCUT2D eigenvalue weighted by molar-refractivity contribution is 0.164. The van der Waals surface area contributed by atoms with E-state index in [9.17, 15) is 0 Å². The van der Waals surface area contributed by atoms with E-state index >= 15 is 0 Å². The van der Waals surface area contributed by atoms with Crippen molar-refractivity contribution in [1.82, 2.24) is 10.6 Å². The van der Waals surface area contributed by atoms with E-state index in [0.29, 0.717) is 28.4 Å². The van der Waals surface area contributed by atoms with Crippen molar-refractivity contribution in [3.63, 3.8) is 0 Å². The summed E-state index contributed by atoms with van der Waals surface area (Å²) in [5, 5.41) is 8.57. The largest absolute Gasteiger partial charge is 0.372 e. The van der Waals surface area contributed by atoms with Gasteiger partial charge in [-0.25, -0.2) is 0 Å². The molecular weight excluding hydrogens is 387 g/mol. The third kappa shape index (κ3) is 3.38. The number of hydrogen-bond donors (Lipinski definition) is 2. The van der Waals surface area contributed by atoms with Crippen molar-refractivity contribution in [1.29, 1.82) is 0 Å². The highest BCUT2D eigenvalue weighted by atomic mass is 35.5. The molecule has 0 aromatic heterocycles. The van der Waals surface area contributed by atoms with E-state index in [4.69, 9.17) is 40.2 Å². The van der Waals surface area contributed by atoms with Gasteiger partial charge in [-0.15, -0.1) is 0 Å². The zero-order chi connectivity index (χ0) is 18.1. The number of benzene rings is 2. The van der Waals surface area contributed by atoms with Crippen LogP contribution in [0, 0.1) is 0 Å². The van der Waals surface area contributed by atoms with Crippen LogP contribution in [0.1, 0.15) is 17.2 Å². The maximum absolute atomic E-state index is 6.42. The summed E-state index contributed by atoms with van der Waals surface area (Å²) < 4.78 is 5.85. The molecule has 0 spiro atoms. The summed E-state index contributed by atoms with van der Waals surface area (Å²) in [7, 11) is 0. The zero-order valence-electron chi connectivity index (χ0n) is 13.8. The van der Waals surface area contributed by atoms with Crippen molar-refractivity contribution >= 4 is 46.6 Å². The molecule has 26 heavy (non-hydrogen) atoms. The van der Waals surface area contributed by atoms with Crippen molar-refractivity contribution in [2.75, 3.05) is 13.2 Å². The summed E-state index contributed by atoms with van der Waals surface area (Å²) >= 11 is 18.2. The minimum Gasteiger partial charge on any atom is -0.372 e. The van der Waals surface area contributed by atoms with Crippen molar-refractivity contribution in [3.8, 4) is 0 Å². The Bertz CT molecular complexity index is 939. The summed E-state index contributed by atoms with van der Waals surface area (Å²) in [5.41, 5.74) is 5.01. The summed E-state index contributed by atoms with van der Waals surface area (Å²) in [6.07, 6.45) is 2.04. The quantitative estimate of drug-likeness (QED) is 0.701. The van der Waals surface area contributed by atoms with E-state index in [-0.39, 0.29) is 6.04 Å². The smallest absolute Gasteiger partial charge is 0.171 e. The molecule has 6 heteroatoms. The topological polar surface area (TPSA) is 33.3 Å². The van der Waals surface area contributed by atoms with Gasteiger partial charge in [0.05, 0.1) is 19.3 Å². The van der Waals surface area contributed by atoms with Crippen LogP contribution in [-0.4, -0.2) is 18.3 Å². The first-order chi connectivity index (χ1) is 12.6. The van der Waals surface area contributed by atoms with Gasteiger partial charge in [0.2, 0.25) is 0 Å². The molecule has 1 unspecified atom stereocenters. The molecular formula is C20H16Cl2N2OS. The monoisotopic (exact) mass is 402 g/mol. The highest BCUT2D eigenvalue weighted by molar-refractivity contribution is 7.80. The van der Waals surface area contributed by atoms with E-state index in [0.717, 1.165) is 28.0 Å². The summed E-state index contributed by atoms with van der Waals surface area (Å²) in [5.74, 6) is 0. The van der Waals surface area contributed by atoms with Crippen LogP contribution in [0.15, 0.2) is 65.4 Å². The molecule has 4 rings (SSSR count). The predicted molar refractivity (Wildman–Crippen MR) is 110 cm³/mol. The summed E-state index contributed by atoms with van der Waals surface area (Å²) in [4.78, 5) is 0. The molecule has 2 aliphatic heterocycles. The molecule has 2 aromatic rings. The maximum Gasteiger partial charge on any atom is 0.171 e. The van der Waals surface area contributed by atoms with Crippen molar-refractivity contribution in [2.24, 2.45) is 0 Å². The second-order valence-electron chi connectivity index (χ2n) is 6.14. The number of hydrogen-bond acceptors (Lipinski definition) is 2. The number of nitrogens with one attached hydrogen (secondary N) is 2. The summed E-state index contributed by atoms with van der Waals surface area (Å²) in [6.45, 7) is 1.00. The van der Waals surface area contributed by atoms with Gasteiger partial charge >= 0.3 is 0 Å². The van der Waals surface area contributed by atoms with Crippen LogP contribution in [0.3, 0.4) is 0 Å². The van der Waals surface area contributed by atoms with Gasteiger partial charge in [-0.05, 0) is 41.6 Å². The zero-order valence-corrected chi connectivity index (χ0v) is 16.1. The first-order valence-corrected chi connectivity index (χ1v) is 9.38. The van der Waals surface area contributed by atoms with Crippen LogP contribution in [-0.2, 0) is 4.74 Å². The van der Waals surface area contributed by atoms with Crippen LogP contribution in [0.5, 0.6) is 0 Å². The normalized spacial score (nSPS) is 21.2. The van der Waals surface area contributed by atoms with Crippen molar-refractivity contribution in [2.45, 2.75) is 6.04 Å². The lowest BCUT2D eigenvalue weighted by atomic mass is 9.91. The molecule has 0 aliphatic carbocycles. The Morgan fingerprint density at radius 2 is 1.73 bits per heavy atom. The Balaban J connectivity index is 1.81. The van der Waals surface area contributed by atoms with Gasteiger partial charge in [0.15, 0.2) is 5.11 Å². The lowest BCUT2D eigenvalue weighted by Gasteiger charge is -2.36. The van der Waals surface area contributed by atoms with E-state index in [1.54, 1.807) is 0 Å². The van der Waals surface area contributed by atoms with Crippen LogP contribution < -0.4 is 10.6 Å². The van der Waals surface area contributed by atoms with Crippen LogP contribution in [0.4, 0.5) is 0 Å². The van der Waals surface area contributed by atoms with Gasteiger partial charge in [-0.1, -0.05) is 59.6 Å². The van der Waals surface area contributed by atoms with Gasteiger partial charge < -0.3 is 15.4 Å². The highest BCUT2D eigenvalue weighted by Crippen LogP contribution is 2.36. The molecule has 0 bridgehead atoms. The molecule has 3 nitrogen and oxygen atoms in total. The third-order valence-corrected chi connectivity index (χ3v) is 5.38. The fourth-order valence-electron chi connectivity index (χ4n) is 3.25. The molecule has 2 N–H and O–H groups in total. The fraction of sp³-hybridized carbons (Fsp3) is 0.150. The minimum absolute atomic E-state index is 0.123. The van der Waals surface area contributed by atoms with Gasteiger partial charge in [-0.3, -0.25) is 0 Å². The second kappa shape index (κ2) is 7.41. The number of thiocarbonyl (C=S) groups is 1. The first-order valence-electron chi connectivity index (χ1n) is 8.21. The molecule has 0 saturated heterocycles. The average molecular weight is 403 g/mol. The predicted octanol–water partition coefficient (Wildman–Crippen LogP) is 4.88. The molecule has 0 amide bonds. The van der Waals surface area contributed by atoms with E-state index in [2.05, 4.69) is 10.6 Å². The van der Waals surface area contributed by atoms with Gasteiger partial charge in [0.25, 0.3) is 0 Å². The first kappa shape index (κ1) is 17.6. The maximum atomic E-state index is 6.42. The van der Waals surface area contributed by atoms with Gasteiger partial charge in [0, 0.05) is 26.9 Å². The molecule has 132 valence electrons.